The first-order valence-electron chi connectivity index (χ1n) is 10.9. The van der Waals surface area contributed by atoms with E-state index in [0.29, 0.717) is 0 Å². The second-order valence-corrected chi connectivity index (χ2v) is 8.09. The third-order valence-electron chi connectivity index (χ3n) is 4.18. The number of carboxylic acid groups (broad SMARTS) is 10. The summed E-state index contributed by atoms with van der Waals surface area (Å²) in [5.41, 5.74) is -5.48. The number of aliphatic carboxylic acids is 10. The molecule has 4 atom stereocenters. The molecule has 0 fully saturated rings. The highest BCUT2D eigenvalue weighted by Crippen LogP contribution is 2.16. The van der Waals surface area contributed by atoms with Crippen molar-refractivity contribution in [3.05, 3.63) is 0 Å². The molecule has 26 heteroatoms. The lowest BCUT2D eigenvalue weighted by Gasteiger charge is -2.18. The highest BCUT2D eigenvalue weighted by atomic mass is 16.5. The molecule has 0 aliphatic rings. The highest BCUT2D eigenvalue weighted by molar-refractivity contribution is 5.89. The molecule has 16 N–H and O–H groups in total. The Hall–Kier alpha value is -5.54. The first-order chi connectivity index (χ1) is 20.5. The van der Waals surface area contributed by atoms with E-state index < -0.39 is 121 Å². The van der Waals surface area contributed by atoms with Gasteiger partial charge in [-0.3, -0.25) is 19.2 Å². The normalized spacial score (nSPS) is 13.0. The van der Waals surface area contributed by atoms with Gasteiger partial charge in [-0.1, -0.05) is 0 Å². The van der Waals surface area contributed by atoms with Crippen molar-refractivity contribution in [1.29, 1.82) is 0 Å². The standard InChI is InChI=1S/2C6H8O7.2C4H6O6/c2*7-3(8)1-6(13,5(11)12)2-4(9)10;2*5-1(3(7)8)2(6)4(9)10/h2*13H,1-2H2,(H,7,8)(H,9,10)(H,11,12);2*1-2,5-6H,(H,7,8)(H,9,10). The summed E-state index contributed by atoms with van der Waals surface area (Å²) in [6, 6.07) is 0. The molecule has 0 aliphatic heterocycles. The van der Waals surface area contributed by atoms with E-state index in [9.17, 15) is 47.9 Å². The average Bonchev–Trinajstić information content (AvgIpc) is 2.85. The van der Waals surface area contributed by atoms with E-state index in [0.717, 1.165) is 0 Å². The van der Waals surface area contributed by atoms with E-state index in [1.807, 2.05) is 0 Å². The molecule has 0 saturated heterocycles. The molecule has 0 amide bonds. The van der Waals surface area contributed by atoms with E-state index >= 15 is 0 Å². The predicted molar refractivity (Wildman–Crippen MR) is 129 cm³/mol. The molecule has 0 aromatic carbocycles. The quantitative estimate of drug-likeness (QED) is 0.0718. The summed E-state index contributed by atoms with van der Waals surface area (Å²) < 4.78 is 0. The van der Waals surface area contributed by atoms with Crippen molar-refractivity contribution in [3.8, 4) is 0 Å². The highest BCUT2D eigenvalue weighted by Gasteiger charge is 2.41. The van der Waals surface area contributed by atoms with Crippen molar-refractivity contribution in [3.63, 3.8) is 0 Å². The minimum absolute atomic E-state index is 1.14. The van der Waals surface area contributed by atoms with Gasteiger partial charge in [0.25, 0.3) is 0 Å². The summed E-state index contributed by atoms with van der Waals surface area (Å²) in [5, 5.41) is 133. The van der Waals surface area contributed by atoms with Crippen LogP contribution in [0.25, 0.3) is 0 Å². The van der Waals surface area contributed by atoms with Crippen molar-refractivity contribution >= 4 is 59.7 Å². The van der Waals surface area contributed by atoms with Crippen molar-refractivity contribution < 1.29 is 130 Å². The maximum Gasteiger partial charge on any atom is 0.336 e. The van der Waals surface area contributed by atoms with E-state index in [4.69, 9.17) is 81.7 Å². The summed E-state index contributed by atoms with van der Waals surface area (Å²) in [4.78, 5) is 100. The Morgan fingerprint density at radius 2 is 0.478 bits per heavy atom. The van der Waals surface area contributed by atoms with Gasteiger partial charge in [0, 0.05) is 0 Å². The van der Waals surface area contributed by atoms with Gasteiger partial charge in [-0.05, 0) is 0 Å². The largest absolute Gasteiger partial charge is 0.481 e. The van der Waals surface area contributed by atoms with Crippen LogP contribution >= 0.6 is 0 Å². The minimum Gasteiger partial charge on any atom is -0.481 e. The van der Waals surface area contributed by atoms with Gasteiger partial charge in [0.05, 0.1) is 25.7 Å². The van der Waals surface area contributed by atoms with Crippen LogP contribution in [0.3, 0.4) is 0 Å². The number of carbonyl (C=O) groups is 10. The van der Waals surface area contributed by atoms with Crippen LogP contribution in [0, 0.1) is 0 Å². The second kappa shape index (κ2) is 21.2. The van der Waals surface area contributed by atoms with Gasteiger partial charge >= 0.3 is 59.7 Å². The van der Waals surface area contributed by atoms with Gasteiger partial charge in [-0.25, -0.2) is 28.8 Å². The molecule has 0 aliphatic carbocycles. The lowest BCUT2D eigenvalue weighted by Crippen LogP contribution is -2.42. The number of aliphatic hydroxyl groups excluding tert-OH is 4. The Bertz CT molecular complexity index is 982. The average molecular weight is 684 g/mol. The fourth-order valence-corrected chi connectivity index (χ4v) is 1.97. The number of aliphatic hydroxyl groups is 6. The third kappa shape index (κ3) is 21.2. The summed E-state index contributed by atoms with van der Waals surface area (Å²) >= 11 is 0. The minimum atomic E-state index is -2.74. The van der Waals surface area contributed by atoms with Crippen LogP contribution in [-0.4, -0.2) is 177 Å². The molecule has 0 aromatic heterocycles. The Balaban J connectivity index is -0.000000258. The molecule has 0 saturated carbocycles. The molecule has 264 valence electrons. The Kier molecular flexibility index (Phi) is 21.9. The van der Waals surface area contributed by atoms with Gasteiger partial charge in [-0.2, -0.15) is 0 Å². The Morgan fingerprint density at radius 3 is 0.543 bits per heavy atom. The van der Waals surface area contributed by atoms with E-state index in [2.05, 4.69) is 0 Å². The molecule has 0 spiro atoms. The van der Waals surface area contributed by atoms with Crippen LogP contribution in [0.5, 0.6) is 0 Å². The molecule has 0 bridgehead atoms. The van der Waals surface area contributed by atoms with Crippen LogP contribution in [0.1, 0.15) is 25.7 Å². The zero-order chi connectivity index (χ0) is 37.9. The first kappa shape index (κ1) is 47.4. The lowest BCUT2D eigenvalue weighted by molar-refractivity contribution is -0.170. The number of carboxylic acids is 10. The molecular weight excluding hydrogens is 656 g/mol. The maximum absolute atomic E-state index is 10.3. The molecule has 4 unspecified atom stereocenters. The maximum atomic E-state index is 10.3. The topological polar surface area (TPSA) is 494 Å². The van der Waals surface area contributed by atoms with Crippen molar-refractivity contribution in [2.45, 2.75) is 61.3 Å². The van der Waals surface area contributed by atoms with Gasteiger partial charge in [-0.15, -0.1) is 0 Å². The fourth-order valence-electron chi connectivity index (χ4n) is 1.97. The summed E-state index contributed by atoms with van der Waals surface area (Å²) in [5.74, 6) is -17.1. The number of rotatable bonds is 16. The zero-order valence-electron chi connectivity index (χ0n) is 22.4. The SMILES string of the molecule is O=C(O)C(O)C(O)C(=O)O.O=C(O)C(O)C(O)C(=O)O.O=C(O)CC(O)(CC(=O)O)C(=O)O.O=C(O)CC(O)(CC(=O)O)C(=O)O. The van der Waals surface area contributed by atoms with Crippen LogP contribution < -0.4 is 0 Å². The molecule has 0 rings (SSSR count). The van der Waals surface area contributed by atoms with Gasteiger partial charge in [0.2, 0.25) is 0 Å². The molecule has 0 aromatic rings. The van der Waals surface area contributed by atoms with Crippen LogP contribution in [0.2, 0.25) is 0 Å². The smallest absolute Gasteiger partial charge is 0.336 e. The van der Waals surface area contributed by atoms with Crippen molar-refractivity contribution in [1.82, 2.24) is 0 Å². The van der Waals surface area contributed by atoms with E-state index in [1.54, 1.807) is 0 Å². The molecule has 26 nitrogen and oxygen atoms in total. The van der Waals surface area contributed by atoms with Crippen molar-refractivity contribution in [2.75, 3.05) is 0 Å². The van der Waals surface area contributed by atoms with Crippen molar-refractivity contribution in [2.24, 2.45) is 0 Å². The Labute approximate surface area is 251 Å². The van der Waals surface area contributed by atoms with Gasteiger partial charge in [0.1, 0.15) is 0 Å². The van der Waals surface area contributed by atoms with Crippen LogP contribution in [0.15, 0.2) is 0 Å². The second-order valence-electron chi connectivity index (χ2n) is 8.09. The summed E-state index contributed by atoms with van der Waals surface area (Å²) in [6.45, 7) is 0. The molecule has 0 heterocycles. The molecule has 0 radical (unpaired) electrons. The van der Waals surface area contributed by atoms with Crippen LogP contribution in [0.4, 0.5) is 0 Å². The zero-order valence-corrected chi connectivity index (χ0v) is 22.4. The number of hydrogen-bond acceptors (Lipinski definition) is 16. The van der Waals surface area contributed by atoms with Crippen LogP contribution in [-0.2, 0) is 47.9 Å². The molecule has 46 heavy (non-hydrogen) atoms. The number of hydrogen-bond donors (Lipinski definition) is 16. The fraction of sp³-hybridized carbons (Fsp3) is 0.500. The lowest BCUT2D eigenvalue weighted by atomic mass is 9.96. The molecular formula is C20H28O26. The predicted octanol–water partition coefficient (Wildman–Crippen LogP) is -6.74. The first-order valence-corrected chi connectivity index (χ1v) is 10.9. The van der Waals surface area contributed by atoms with E-state index in [1.165, 1.54) is 0 Å². The van der Waals surface area contributed by atoms with E-state index in [-0.39, 0.29) is 0 Å². The third-order valence-corrected chi connectivity index (χ3v) is 4.18. The van der Waals surface area contributed by atoms with Gasteiger partial charge in [0.15, 0.2) is 35.6 Å². The monoisotopic (exact) mass is 684 g/mol. The summed E-state index contributed by atoms with van der Waals surface area (Å²) in [6.07, 6.45) is -13.6. The summed E-state index contributed by atoms with van der Waals surface area (Å²) in [7, 11) is 0. The Morgan fingerprint density at radius 1 is 0.348 bits per heavy atom. The van der Waals surface area contributed by atoms with Gasteiger partial charge < -0.3 is 81.7 Å².